The Balaban J connectivity index is 1.78. The van der Waals surface area contributed by atoms with Gasteiger partial charge in [0, 0.05) is 12.0 Å². The average Bonchev–Trinajstić information content (AvgIpc) is 3.05. The molecule has 0 radical (unpaired) electrons. The zero-order valence-corrected chi connectivity index (χ0v) is 10.8. The average molecular weight is 261 g/mol. The zero-order chi connectivity index (χ0) is 13.2. The van der Waals surface area contributed by atoms with E-state index in [2.05, 4.69) is 15.5 Å². The molecule has 19 heavy (non-hydrogen) atoms. The van der Waals surface area contributed by atoms with Crippen LogP contribution in [0.2, 0.25) is 0 Å². The molecule has 0 amide bonds. The Hall–Kier alpha value is -1.75. The van der Waals surface area contributed by atoms with Crippen LogP contribution in [0.1, 0.15) is 17.9 Å². The topological polar surface area (TPSA) is 51.0 Å². The first-order chi connectivity index (χ1) is 9.22. The summed E-state index contributed by atoms with van der Waals surface area (Å²) in [5.74, 6) is 1.54. The summed E-state index contributed by atoms with van der Waals surface area (Å²) >= 11 is 0. The van der Waals surface area contributed by atoms with Gasteiger partial charge in [0.15, 0.2) is 0 Å². The van der Waals surface area contributed by atoms with Crippen LogP contribution in [0.3, 0.4) is 0 Å². The van der Waals surface area contributed by atoms with E-state index < -0.39 is 0 Å². The summed E-state index contributed by atoms with van der Waals surface area (Å²) in [6.07, 6.45) is 1.95. The zero-order valence-electron chi connectivity index (χ0n) is 10.8. The summed E-state index contributed by atoms with van der Waals surface area (Å²) in [4.78, 5) is 4.39. The molecular weight excluding hydrogens is 245 g/mol. The van der Waals surface area contributed by atoms with Crippen molar-refractivity contribution in [2.75, 3.05) is 13.1 Å². The van der Waals surface area contributed by atoms with Gasteiger partial charge in [0.1, 0.15) is 5.82 Å². The summed E-state index contributed by atoms with van der Waals surface area (Å²) in [6, 6.07) is 4.84. The lowest BCUT2D eigenvalue weighted by molar-refractivity contribution is 0.358. The molecule has 0 spiro atoms. The lowest BCUT2D eigenvalue weighted by Crippen LogP contribution is -2.10. The van der Waals surface area contributed by atoms with Crippen LogP contribution in [0, 0.1) is 18.7 Å². The minimum absolute atomic E-state index is 0.218. The molecule has 5 heteroatoms. The summed E-state index contributed by atoms with van der Waals surface area (Å²) in [6.45, 7) is 3.79. The maximum atomic E-state index is 13.2. The van der Waals surface area contributed by atoms with E-state index in [0.717, 1.165) is 31.5 Å². The normalized spacial score (nSPS) is 18.9. The molecular formula is C14H16FN3O. The molecule has 4 nitrogen and oxygen atoms in total. The van der Waals surface area contributed by atoms with E-state index >= 15 is 0 Å². The monoisotopic (exact) mass is 261 g/mol. The summed E-state index contributed by atoms with van der Waals surface area (Å²) in [7, 11) is 0. The number of hydrogen-bond donors (Lipinski definition) is 1. The Morgan fingerprint density at radius 2 is 2.37 bits per heavy atom. The van der Waals surface area contributed by atoms with Crippen LogP contribution in [0.15, 0.2) is 22.7 Å². The molecule has 0 aliphatic carbocycles. The standard InChI is InChI=1S/C14H16FN3O/c1-9-6-11(2-3-12(9)15)14-17-13(19-18-14)7-10-4-5-16-8-10/h2-3,6,10,16H,4-5,7-8H2,1H3. The molecule has 1 aromatic carbocycles. The number of aromatic nitrogens is 2. The van der Waals surface area contributed by atoms with Gasteiger partial charge >= 0.3 is 0 Å². The van der Waals surface area contributed by atoms with Crippen LogP contribution in [0.5, 0.6) is 0 Å². The smallest absolute Gasteiger partial charge is 0.227 e. The van der Waals surface area contributed by atoms with Crippen molar-refractivity contribution < 1.29 is 8.91 Å². The Morgan fingerprint density at radius 3 is 3.11 bits per heavy atom. The van der Waals surface area contributed by atoms with Crippen LogP contribution >= 0.6 is 0 Å². The number of hydrogen-bond acceptors (Lipinski definition) is 4. The highest BCUT2D eigenvalue weighted by molar-refractivity contribution is 5.55. The third-order valence-corrected chi connectivity index (χ3v) is 3.51. The molecule has 0 saturated carbocycles. The number of benzene rings is 1. The molecule has 1 aliphatic heterocycles. The number of nitrogens with one attached hydrogen (secondary N) is 1. The van der Waals surface area contributed by atoms with Crippen LogP contribution in [-0.4, -0.2) is 23.2 Å². The molecule has 100 valence electrons. The van der Waals surface area contributed by atoms with Crippen molar-refractivity contribution in [2.45, 2.75) is 19.8 Å². The van der Waals surface area contributed by atoms with Gasteiger partial charge in [0.2, 0.25) is 11.7 Å². The molecule has 3 rings (SSSR count). The fourth-order valence-corrected chi connectivity index (χ4v) is 2.37. The molecule has 1 aromatic heterocycles. The van der Waals surface area contributed by atoms with Crippen LogP contribution in [-0.2, 0) is 6.42 Å². The predicted molar refractivity (Wildman–Crippen MR) is 69.1 cm³/mol. The van der Waals surface area contributed by atoms with Crippen molar-refractivity contribution in [1.29, 1.82) is 0 Å². The Labute approximate surface area is 111 Å². The number of halogens is 1. The van der Waals surface area contributed by atoms with Gasteiger partial charge in [-0.15, -0.1) is 0 Å². The van der Waals surface area contributed by atoms with Gasteiger partial charge in [-0.3, -0.25) is 0 Å². The predicted octanol–water partition coefficient (Wildman–Crippen LogP) is 2.34. The molecule has 2 aromatic rings. The van der Waals surface area contributed by atoms with Crippen molar-refractivity contribution in [3.8, 4) is 11.4 Å². The first kappa shape index (κ1) is 12.3. The van der Waals surface area contributed by atoms with Crippen molar-refractivity contribution >= 4 is 0 Å². The molecule has 1 atom stereocenters. The summed E-state index contributed by atoms with van der Waals surface area (Å²) in [5, 5.41) is 7.28. The highest BCUT2D eigenvalue weighted by atomic mass is 19.1. The van der Waals surface area contributed by atoms with Crippen LogP contribution in [0.25, 0.3) is 11.4 Å². The molecule has 1 fully saturated rings. The van der Waals surface area contributed by atoms with Crippen molar-refractivity contribution in [3.05, 3.63) is 35.5 Å². The van der Waals surface area contributed by atoms with Crippen molar-refractivity contribution in [2.24, 2.45) is 5.92 Å². The van der Waals surface area contributed by atoms with E-state index in [1.807, 2.05) is 0 Å². The van der Waals surface area contributed by atoms with E-state index in [1.165, 1.54) is 6.07 Å². The number of nitrogens with zero attached hydrogens (tertiary/aromatic N) is 2. The maximum absolute atomic E-state index is 13.2. The minimum Gasteiger partial charge on any atom is -0.339 e. The second-order valence-electron chi connectivity index (χ2n) is 5.04. The van der Waals surface area contributed by atoms with E-state index in [-0.39, 0.29) is 5.82 Å². The summed E-state index contributed by atoms with van der Waals surface area (Å²) in [5.41, 5.74) is 1.38. The lowest BCUT2D eigenvalue weighted by Gasteiger charge is -2.02. The van der Waals surface area contributed by atoms with E-state index in [9.17, 15) is 4.39 Å². The van der Waals surface area contributed by atoms with Gasteiger partial charge in [-0.1, -0.05) is 5.16 Å². The van der Waals surface area contributed by atoms with Gasteiger partial charge in [0.05, 0.1) is 0 Å². The third kappa shape index (κ3) is 2.66. The first-order valence-corrected chi connectivity index (χ1v) is 6.52. The Kier molecular flexibility index (Phi) is 3.29. The SMILES string of the molecule is Cc1cc(-c2noc(CC3CCNC3)n2)ccc1F. The van der Waals surface area contributed by atoms with Crippen LogP contribution < -0.4 is 5.32 Å². The van der Waals surface area contributed by atoms with Gasteiger partial charge in [-0.05, 0) is 56.1 Å². The van der Waals surface area contributed by atoms with E-state index in [4.69, 9.17) is 4.52 Å². The maximum Gasteiger partial charge on any atom is 0.227 e. The van der Waals surface area contributed by atoms with E-state index in [0.29, 0.717) is 23.2 Å². The molecule has 1 unspecified atom stereocenters. The van der Waals surface area contributed by atoms with Gasteiger partial charge < -0.3 is 9.84 Å². The van der Waals surface area contributed by atoms with Crippen LogP contribution in [0.4, 0.5) is 4.39 Å². The highest BCUT2D eigenvalue weighted by Crippen LogP contribution is 2.21. The largest absolute Gasteiger partial charge is 0.339 e. The highest BCUT2D eigenvalue weighted by Gasteiger charge is 2.18. The van der Waals surface area contributed by atoms with Gasteiger partial charge in [-0.2, -0.15) is 4.98 Å². The second-order valence-corrected chi connectivity index (χ2v) is 5.04. The number of rotatable bonds is 3. The first-order valence-electron chi connectivity index (χ1n) is 6.52. The molecule has 0 bridgehead atoms. The Morgan fingerprint density at radius 1 is 1.47 bits per heavy atom. The third-order valence-electron chi connectivity index (χ3n) is 3.51. The van der Waals surface area contributed by atoms with Gasteiger partial charge in [-0.25, -0.2) is 4.39 Å². The fourth-order valence-electron chi connectivity index (χ4n) is 2.37. The minimum atomic E-state index is -0.218. The quantitative estimate of drug-likeness (QED) is 0.921. The molecule has 1 saturated heterocycles. The molecule has 1 N–H and O–H groups in total. The Bertz CT molecular complexity index is 576. The second kappa shape index (κ2) is 5.09. The van der Waals surface area contributed by atoms with E-state index in [1.54, 1.807) is 19.1 Å². The van der Waals surface area contributed by atoms with Crippen molar-refractivity contribution in [1.82, 2.24) is 15.5 Å². The fraction of sp³-hybridized carbons (Fsp3) is 0.429. The van der Waals surface area contributed by atoms with Crippen molar-refractivity contribution in [3.63, 3.8) is 0 Å². The molecule has 1 aliphatic rings. The molecule has 2 heterocycles. The number of aryl methyl sites for hydroxylation is 1. The van der Waals surface area contributed by atoms with Gasteiger partial charge in [0.25, 0.3) is 0 Å². The lowest BCUT2D eigenvalue weighted by atomic mass is 10.1. The summed E-state index contributed by atoms with van der Waals surface area (Å²) < 4.78 is 18.5.